The van der Waals surface area contributed by atoms with Crippen LogP contribution in [0.25, 0.3) is 0 Å². The summed E-state index contributed by atoms with van der Waals surface area (Å²) >= 11 is 0. The Kier molecular flexibility index (Phi) is 4.01. The van der Waals surface area contributed by atoms with Gasteiger partial charge < -0.3 is 10.0 Å². The zero-order valence-electron chi connectivity index (χ0n) is 11.3. The highest BCUT2D eigenvalue weighted by atomic mass is 19.1. The van der Waals surface area contributed by atoms with Crippen LogP contribution >= 0.6 is 0 Å². The van der Waals surface area contributed by atoms with Crippen LogP contribution in [0.15, 0.2) is 18.3 Å². The number of carbonyl (C=O) groups is 2. The average Bonchev–Trinajstić information content (AvgIpc) is 2.84. The molecule has 0 aromatic carbocycles. The van der Waals surface area contributed by atoms with Gasteiger partial charge in [0.2, 0.25) is 0 Å². The minimum absolute atomic E-state index is 0.0787. The number of carbonyl (C=O) groups excluding carboxylic acids is 1. The first kappa shape index (κ1) is 14.4. The van der Waals surface area contributed by atoms with E-state index >= 15 is 0 Å². The molecule has 1 atom stereocenters. The van der Waals surface area contributed by atoms with Crippen LogP contribution in [0, 0.1) is 5.82 Å². The van der Waals surface area contributed by atoms with Gasteiger partial charge in [0.1, 0.15) is 17.1 Å². The Morgan fingerprint density at radius 3 is 2.80 bits per heavy atom. The Balaban J connectivity index is 2.32. The number of hydrogen-bond donors (Lipinski definition) is 1. The Labute approximate surface area is 116 Å². The van der Waals surface area contributed by atoms with E-state index in [1.54, 1.807) is 0 Å². The van der Waals surface area contributed by atoms with Gasteiger partial charge >= 0.3 is 5.97 Å². The molecule has 2 rings (SSSR count). The summed E-state index contributed by atoms with van der Waals surface area (Å²) < 4.78 is 12.8. The molecule has 0 saturated carbocycles. The molecule has 1 amide bonds. The number of likely N-dealkylation sites (tertiary alicyclic amines) is 1. The van der Waals surface area contributed by atoms with Crippen molar-refractivity contribution in [1.82, 2.24) is 9.88 Å². The summed E-state index contributed by atoms with van der Waals surface area (Å²) in [6.07, 6.45) is 3.15. The smallest absolute Gasteiger partial charge is 0.329 e. The Hall–Kier alpha value is -1.98. The molecule has 0 spiro atoms. The van der Waals surface area contributed by atoms with Crippen molar-refractivity contribution in [3.8, 4) is 0 Å². The fourth-order valence-corrected chi connectivity index (χ4v) is 2.82. The number of nitrogens with zero attached hydrogens (tertiary/aromatic N) is 2. The normalized spacial score (nSPS) is 22.0. The third kappa shape index (κ3) is 2.37. The SMILES string of the molecule is CCCC1(C(=O)O)CCCN1C(=O)c1ccc(F)cn1. The van der Waals surface area contributed by atoms with Crippen molar-refractivity contribution in [3.63, 3.8) is 0 Å². The second kappa shape index (κ2) is 5.56. The molecular weight excluding hydrogens is 263 g/mol. The number of pyridine rings is 1. The third-order valence-electron chi connectivity index (χ3n) is 3.74. The Bertz CT molecular complexity index is 518. The second-order valence-electron chi connectivity index (χ2n) is 5.01. The molecule has 1 aromatic rings. The van der Waals surface area contributed by atoms with Crippen LogP contribution < -0.4 is 0 Å². The van der Waals surface area contributed by atoms with Crippen LogP contribution in [-0.4, -0.2) is 39.0 Å². The summed E-state index contributed by atoms with van der Waals surface area (Å²) in [7, 11) is 0. The maximum Gasteiger partial charge on any atom is 0.329 e. The first-order valence-corrected chi connectivity index (χ1v) is 6.68. The van der Waals surface area contributed by atoms with Crippen LogP contribution in [0.5, 0.6) is 0 Å². The first-order valence-electron chi connectivity index (χ1n) is 6.68. The van der Waals surface area contributed by atoms with Gasteiger partial charge in [-0.15, -0.1) is 0 Å². The van der Waals surface area contributed by atoms with Gasteiger partial charge in [0.05, 0.1) is 6.20 Å². The fraction of sp³-hybridized carbons (Fsp3) is 0.500. The molecule has 2 heterocycles. The molecule has 1 N–H and O–H groups in total. The van der Waals surface area contributed by atoms with E-state index in [-0.39, 0.29) is 5.69 Å². The summed E-state index contributed by atoms with van der Waals surface area (Å²) in [5, 5.41) is 9.53. The van der Waals surface area contributed by atoms with Crippen LogP contribution in [0.1, 0.15) is 43.1 Å². The van der Waals surface area contributed by atoms with Crippen molar-refractivity contribution in [2.24, 2.45) is 0 Å². The van der Waals surface area contributed by atoms with Crippen LogP contribution in [0.3, 0.4) is 0 Å². The van der Waals surface area contributed by atoms with Gasteiger partial charge in [-0.05, 0) is 31.4 Å². The standard InChI is InChI=1S/C14H17FN2O3/c1-2-6-14(13(19)20)7-3-8-17(14)12(18)11-5-4-10(15)9-16-11/h4-5,9H,2-3,6-8H2,1H3,(H,19,20). The Morgan fingerprint density at radius 1 is 1.50 bits per heavy atom. The van der Waals surface area contributed by atoms with Gasteiger partial charge in [-0.25, -0.2) is 14.2 Å². The van der Waals surface area contributed by atoms with Crippen LogP contribution in [-0.2, 0) is 4.79 Å². The molecule has 1 aromatic heterocycles. The number of carboxylic acid groups (broad SMARTS) is 1. The molecule has 5 nitrogen and oxygen atoms in total. The predicted octanol–water partition coefficient (Wildman–Crippen LogP) is 2.08. The van der Waals surface area contributed by atoms with Crippen LogP contribution in [0.4, 0.5) is 4.39 Å². The van der Waals surface area contributed by atoms with Crippen molar-refractivity contribution in [2.45, 2.75) is 38.1 Å². The van der Waals surface area contributed by atoms with E-state index in [2.05, 4.69) is 4.98 Å². The Morgan fingerprint density at radius 2 is 2.25 bits per heavy atom. The van der Waals surface area contributed by atoms with Gasteiger partial charge in [0, 0.05) is 6.54 Å². The highest BCUT2D eigenvalue weighted by molar-refractivity contribution is 5.96. The monoisotopic (exact) mass is 280 g/mol. The molecule has 0 aliphatic carbocycles. The summed E-state index contributed by atoms with van der Waals surface area (Å²) in [5.74, 6) is -1.95. The molecule has 6 heteroatoms. The van der Waals surface area contributed by atoms with Crippen molar-refractivity contribution in [1.29, 1.82) is 0 Å². The van der Waals surface area contributed by atoms with E-state index in [1.807, 2.05) is 6.92 Å². The van der Waals surface area contributed by atoms with E-state index in [0.717, 1.165) is 12.3 Å². The van der Waals surface area contributed by atoms with Crippen molar-refractivity contribution in [3.05, 3.63) is 29.8 Å². The lowest BCUT2D eigenvalue weighted by Gasteiger charge is -2.34. The van der Waals surface area contributed by atoms with E-state index in [1.165, 1.54) is 11.0 Å². The third-order valence-corrected chi connectivity index (χ3v) is 3.74. The summed E-state index contributed by atoms with van der Waals surface area (Å²) in [4.78, 5) is 29.2. The fourth-order valence-electron chi connectivity index (χ4n) is 2.82. The van der Waals surface area contributed by atoms with Gasteiger partial charge in [0.25, 0.3) is 5.91 Å². The average molecular weight is 280 g/mol. The van der Waals surface area contributed by atoms with Crippen LogP contribution in [0.2, 0.25) is 0 Å². The lowest BCUT2D eigenvalue weighted by Crippen LogP contribution is -2.53. The molecule has 1 unspecified atom stereocenters. The number of carboxylic acids is 1. The zero-order chi connectivity index (χ0) is 14.8. The largest absolute Gasteiger partial charge is 0.479 e. The first-order chi connectivity index (χ1) is 9.51. The molecule has 0 bridgehead atoms. The lowest BCUT2D eigenvalue weighted by atomic mass is 9.90. The van der Waals surface area contributed by atoms with Crippen molar-refractivity contribution >= 4 is 11.9 Å². The molecule has 0 radical (unpaired) electrons. The lowest BCUT2D eigenvalue weighted by molar-refractivity contribution is -0.148. The number of rotatable bonds is 4. The quantitative estimate of drug-likeness (QED) is 0.916. The highest BCUT2D eigenvalue weighted by Crippen LogP contribution is 2.35. The maximum atomic E-state index is 12.8. The molecule has 1 aliphatic rings. The number of hydrogen-bond acceptors (Lipinski definition) is 3. The molecule has 1 saturated heterocycles. The van der Waals surface area contributed by atoms with E-state index < -0.39 is 23.2 Å². The molecular formula is C14H17FN2O3. The number of amides is 1. The summed E-state index contributed by atoms with van der Waals surface area (Å²) in [6.45, 7) is 2.28. The van der Waals surface area contributed by atoms with Crippen molar-refractivity contribution < 1.29 is 19.1 Å². The highest BCUT2D eigenvalue weighted by Gasteiger charge is 2.49. The maximum absolute atomic E-state index is 12.8. The molecule has 1 fully saturated rings. The van der Waals surface area contributed by atoms with E-state index in [9.17, 15) is 19.1 Å². The van der Waals surface area contributed by atoms with Gasteiger partial charge in [-0.1, -0.05) is 13.3 Å². The minimum atomic E-state index is -1.15. The van der Waals surface area contributed by atoms with E-state index in [4.69, 9.17) is 0 Å². The number of halogens is 1. The number of aromatic nitrogens is 1. The van der Waals surface area contributed by atoms with Gasteiger partial charge in [-0.3, -0.25) is 4.79 Å². The summed E-state index contributed by atoms with van der Waals surface area (Å²) in [6, 6.07) is 2.44. The minimum Gasteiger partial charge on any atom is -0.479 e. The predicted molar refractivity (Wildman–Crippen MR) is 69.7 cm³/mol. The second-order valence-corrected chi connectivity index (χ2v) is 5.01. The topological polar surface area (TPSA) is 70.5 Å². The molecule has 1 aliphatic heterocycles. The van der Waals surface area contributed by atoms with E-state index in [0.29, 0.717) is 32.2 Å². The summed E-state index contributed by atoms with van der Waals surface area (Å²) in [5.41, 5.74) is -1.07. The molecule has 20 heavy (non-hydrogen) atoms. The van der Waals surface area contributed by atoms with Crippen molar-refractivity contribution in [2.75, 3.05) is 6.54 Å². The van der Waals surface area contributed by atoms with Gasteiger partial charge in [0.15, 0.2) is 0 Å². The molecule has 108 valence electrons. The number of aliphatic carboxylic acids is 1. The zero-order valence-corrected chi connectivity index (χ0v) is 11.3. The van der Waals surface area contributed by atoms with Gasteiger partial charge in [-0.2, -0.15) is 0 Å².